The number of carbonyl (C=O) groups is 1. The van der Waals surface area contributed by atoms with Crippen LogP contribution in [0.1, 0.15) is 19.0 Å². The fourth-order valence-electron chi connectivity index (χ4n) is 2.99. The summed E-state index contributed by atoms with van der Waals surface area (Å²) in [6.45, 7) is 3.90. The Morgan fingerprint density at radius 2 is 1.89 bits per heavy atom. The van der Waals surface area contributed by atoms with Crippen LogP contribution in [0.5, 0.6) is 5.75 Å². The molecule has 0 saturated carbocycles. The average molecular weight is 396 g/mol. The van der Waals surface area contributed by atoms with Gasteiger partial charge in [-0.1, -0.05) is 49.4 Å². The topological polar surface area (TPSA) is 54.5 Å². The van der Waals surface area contributed by atoms with Crippen LogP contribution in [0.15, 0.2) is 60.0 Å². The van der Waals surface area contributed by atoms with Crippen LogP contribution in [0.3, 0.4) is 0 Å². The highest BCUT2D eigenvalue weighted by Crippen LogP contribution is 2.25. The van der Waals surface area contributed by atoms with Gasteiger partial charge in [-0.3, -0.25) is 9.69 Å². The summed E-state index contributed by atoms with van der Waals surface area (Å²) in [5.74, 6) is 0.598. The van der Waals surface area contributed by atoms with Gasteiger partial charge in [0.2, 0.25) is 5.91 Å². The summed E-state index contributed by atoms with van der Waals surface area (Å²) in [5, 5.41) is 6.02. The van der Waals surface area contributed by atoms with Gasteiger partial charge in [0.1, 0.15) is 10.8 Å². The maximum atomic E-state index is 12.6. The van der Waals surface area contributed by atoms with Crippen LogP contribution in [0, 0.1) is 0 Å². The molecule has 146 valence electrons. The summed E-state index contributed by atoms with van der Waals surface area (Å²) >= 11 is 1.63. The van der Waals surface area contributed by atoms with Crippen molar-refractivity contribution in [2.24, 2.45) is 0 Å². The second kappa shape index (κ2) is 10.0. The number of amides is 1. The van der Waals surface area contributed by atoms with Crippen molar-refractivity contribution >= 4 is 22.9 Å². The van der Waals surface area contributed by atoms with Crippen molar-refractivity contribution in [1.29, 1.82) is 0 Å². The zero-order valence-corrected chi connectivity index (χ0v) is 17.0. The summed E-state index contributed by atoms with van der Waals surface area (Å²) in [4.78, 5) is 19.4. The van der Waals surface area contributed by atoms with E-state index in [4.69, 9.17) is 9.72 Å². The first-order chi connectivity index (χ1) is 13.7. The van der Waals surface area contributed by atoms with Crippen molar-refractivity contribution in [3.63, 3.8) is 0 Å². The predicted octanol–water partition coefficient (Wildman–Crippen LogP) is 4.67. The van der Waals surface area contributed by atoms with Gasteiger partial charge in [0.05, 0.1) is 25.0 Å². The minimum atomic E-state index is -0.0588. The lowest BCUT2D eigenvalue weighted by molar-refractivity contribution is -0.117. The van der Waals surface area contributed by atoms with Gasteiger partial charge in [-0.05, 0) is 25.1 Å². The van der Waals surface area contributed by atoms with E-state index in [-0.39, 0.29) is 5.91 Å². The summed E-state index contributed by atoms with van der Waals surface area (Å²) in [6.07, 6.45) is 0.970. The van der Waals surface area contributed by atoms with Gasteiger partial charge in [-0.2, -0.15) is 0 Å². The third kappa shape index (κ3) is 5.41. The number of benzene rings is 2. The molecule has 0 bridgehead atoms. The summed E-state index contributed by atoms with van der Waals surface area (Å²) in [5.41, 5.74) is 2.79. The minimum Gasteiger partial charge on any atom is -0.495 e. The summed E-state index contributed by atoms with van der Waals surface area (Å²) in [6, 6.07) is 17.6. The lowest BCUT2D eigenvalue weighted by atomic mass is 10.2. The standard InChI is InChI=1S/C22H25N3O2S/c1-3-13-25(15-21(26)24-19-11-7-8-12-20(19)27-2)14-18-16-28-22(23-18)17-9-5-4-6-10-17/h4-12,16H,3,13-15H2,1-2H3,(H,24,26). The Morgan fingerprint density at radius 1 is 1.14 bits per heavy atom. The van der Waals surface area contributed by atoms with Crippen LogP contribution in [0.25, 0.3) is 10.6 Å². The highest BCUT2D eigenvalue weighted by Gasteiger charge is 2.14. The van der Waals surface area contributed by atoms with Crippen LogP contribution in [0.2, 0.25) is 0 Å². The molecular formula is C22H25N3O2S. The zero-order chi connectivity index (χ0) is 19.8. The Balaban J connectivity index is 1.63. The molecule has 0 saturated heterocycles. The van der Waals surface area contributed by atoms with E-state index in [2.05, 4.69) is 34.7 Å². The van der Waals surface area contributed by atoms with Gasteiger partial charge in [0.25, 0.3) is 0 Å². The molecule has 0 atom stereocenters. The Morgan fingerprint density at radius 3 is 2.64 bits per heavy atom. The monoisotopic (exact) mass is 395 g/mol. The average Bonchev–Trinajstić information content (AvgIpc) is 3.17. The molecule has 0 aliphatic heterocycles. The smallest absolute Gasteiger partial charge is 0.238 e. The molecule has 0 spiro atoms. The number of anilines is 1. The first kappa shape index (κ1) is 20.0. The second-order valence-corrected chi connectivity index (χ2v) is 7.33. The largest absolute Gasteiger partial charge is 0.495 e. The summed E-state index contributed by atoms with van der Waals surface area (Å²) in [7, 11) is 1.60. The lowest BCUT2D eigenvalue weighted by Gasteiger charge is -2.20. The molecule has 0 fully saturated rings. The molecule has 1 N–H and O–H groups in total. The van der Waals surface area contributed by atoms with E-state index in [1.54, 1.807) is 18.4 Å². The van der Waals surface area contributed by atoms with Gasteiger partial charge in [-0.25, -0.2) is 4.98 Å². The lowest BCUT2D eigenvalue weighted by Crippen LogP contribution is -2.33. The SMILES string of the molecule is CCCN(CC(=O)Nc1ccccc1OC)Cc1csc(-c2ccccc2)n1. The van der Waals surface area contributed by atoms with E-state index >= 15 is 0 Å². The van der Waals surface area contributed by atoms with E-state index in [0.717, 1.165) is 29.2 Å². The van der Waals surface area contributed by atoms with Crippen molar-refractivity contribution in [3.8, 4) is 16.3 Å². The molecule has 0 unspecified atom stereocenters. The Labute approximate surface area is 170 Å². The van der Waals surface area contributed by atoms with Gasteiger partial charge < -0.3 is 10.1 Å². The van der Waals surface area contributed by atoms with E-state index in [0.29, 0.717) is 24.5 Å². The van der Waals surface area contributed by atoms with E-state index < -0.39 is 0 Å². The number of thiazole rings is 1. The van der Waals surface area contributed by atoms with Gasteiger partial charge >= 0.3 is 0 Å². The van der Waals surface area contributed by atoms with Crippen molar-refractivity contribution in [3.05, 3.63) is 65.7 Å². The van der Waals surface area contributed by atoms with E-state index in [1.807, 2.05) is 42.5 Å². The maximum absolute atomic E-state index is 12.6. The maximum Gasteiger partial charge on any atom is 0.238 e. The quantitative estimate of drug-likeness (QED) is 0.572. The minimum absolute atomic E-state index is 0.0588. The molecule has 6 heteroatoms. The highest BCUT2D eigenvalue weighted by atomic mass is 32.1. The molecule has 1 aromatic heterocycles. The molecule has 2 aromatic carbocycles. The number of methoxy groups -OCH3 is 1. The number of para-hydroxylation sites is 2. The van der Waals surface area contributed by atoms with Gasteiger partial charge in [-0.15, -0.1) is 11.3 Å². The number of nitrogens with zero attached hydrogens (tertiary/aromatic N) is 2. The Hall–Kier alpha value is -2.70. The van der Waals surface area contributed by atoms with Crippen molar-refractivity contribution in [2.75, 3.05) is 25.5 Å². The van der Waals surface area contributed by atoms with Crippen LogP contribution >= 0.6 is 11.3 Å². The van der Waals surface area contributed by atoms with Crippen molar-refractivity contribution < 1.29 is 9.53 Å². The molecule has 0 aliphatic carbocycles. The summed E-state index contributed by atoms with van der Waals surface area (Å²) < 4.78 is 5.30. The van der Waals surface area contributed by atoms with Crippen LogP contribution < -0.4 is 10.1 Å². The number of carbonyl (C=O) groups excluding carboxylic acids is 1. The fourth-order valence-corrected chi connectivity index (χ4v) is 3.81. The number of hydrogen-bond acceptors (Lipinski definition) is 5. The molecule has 28 heavy (non-hydrogen) atoms. The third-order valence-electron chi connectivity index (χ3n) is 4.25. The molecule has 0 aliphatic rings. The molecule has 1 amide bonds. The Bertz CT molecular complexity index is 896. The number of hydrogen-bond donors (Lipinski definition) is 1. The number of ether oxygens (including phenoxy) is 1. The fraction of sp³-hybridized carbons (Fsp3) is 0.273. The van der Waals surface area contributed by atoms with Crippen LogP contribution in [-0.2, 0) is 11.3 Å². The molecular weight excluding hydrogens is 370 g/mol. The number of nitrogens with one attached hydrogen (secondary N) is 1. The van der Waals surface area contributed by atoms with E-state index in [1.165, 1.54) is 0 Å². The Kier molecular flexibility index (Phi) is 7.17. The predicted molar refractivity (Wildman–Crippen MR) is 115 cm³/mol. The number of aromatic nitrogens is 1. The van der Waals surface area contributed by atoms with Gasteiger partial charge in [0, 0.05) is 17.5 Å². The van der Waals surface area contributed by atoms with E-state index in [9.17, 15) is 4.79 Å². The molecule has 3 aromatic rings. The number of rotatable bonds is 9. The second-order valence-electron chi connectivity index (χ2n) is 6.47. The molecule has 5 nitrogen and oxygen atoms in total. The molecule has 3 rings (SSSR count). The first-order valence-corrected chi connectivity index (χ1v) is 10.2. The van der Waals surface area contributed by atoms with Crippen molar-refractivity contribution in [2.45, 2.75) is 19.9 Å². The third-order valence-corrected chi connectivity index (χ3v) is 5.19. The first-order valence-electron chi connectivity index (χ1n) is 9.34. The normalized spacial score (nSPS) is 10.8. The molecule has 1 heterocycles. The highest BCUT2D eigenvalue weighted by molar-refractivity contribution is 7.13. The zero-order valence-electron chi connectivity index (χ0n) is 16.2. The van der Waals surface area contributed by atoms with Gasteiger partial charge in [0.15, 0.2) is 0 Å². The molecule has 0 radical (unpaired) electrons. The van der Waals surface area contributed by atoms with Crippen LogP contribution in [-0.4, -0.2) is 36.0 Å². The van der Waals surface area contributed by atoms with Crippen molar-refractivity contribution in [1.82, 2.24) is 9.88 Å². The van der Waals surface area contributed by atoms with Crippen LogP contribution in [0.4, 0.5) is 5.69 Å².